The van der Waals surface area contributed by atoms with E-state index in [0.29, 0.717) is 12.2 Å². The molecule has 5 nitrogen and oxygen atoms in total. The minimum absolute atomic E-state index is 0.124. The van der Waals surface area contributed by atoms with Crippen LogP contribution in [0.2, 0.25) is 0 Å². The maximum Gasteiger partial charge on any atom is 0.242 e. The molecule has 1 fully saturated rings. The zero-order valence-corrected chi connectivity index (χ0v) is 11.6. The summed E-state index contributed by atoms with van der Waals surface area (Å²) in [5, 5.41) is 0. The van der Waals surface area contributed by atoms with Gasteiger partial charge in [0.2, 0.25) is 10.0 Å². The van der Waals surface area contributed by atoms with E-state index in [9.17, 15) is 8.42 Å². The number of nitrogens with zero attached hydrogens (tertiary/aromatic N) is 1. The van der Waals surface area contributed by atoms with E-state index in [2.05, 4.69) is 16.6 Å². The summed E-state index contributed by atoms with van der Waals surface area (Å²) in [5.74, 6) is 0. The number of aromatic nitrogens is 1. The lowest BCUT2D eigenvalue weighted by molar-refractivity contribution is 0.530. The fourth-order valence-corrected chi connectivity index (χ4v) is 2.69. The second kappa shape index (κ2) is 4.56. The smallest absolute Gasteiger partial charge is 0.242 e. The third kappa shape index (κ3) is 3.04. The molecule has 0 unspecified atom stereocenters. The standard InChI is InChI=1S/C11H15N3O2S2/c1-11(4-5-11)7-14-18(15,16)8-2-3-9(10(12)17)13-6-8/h2-3,6,14H,4-5,7H2,1H3,(H2,12,17). The Balaban J connectivity index is 2.11. The first kappa shape index (κ1) is 13.4. The van der Waals surface area contributed by atoms with Crippen LogP contribution in [0.4, 0.5) is 0 Å². The highest BCUT2D eigenvalue weighted by atomic mass is 32.2. The van der Waals surface area contributed by atoms with E-state index < -0.39 is 10.0 Å². The third-order valence-corrected chi connectivity index (χ3v) is 4.69. The Morgan fingerprint density at radius 3 is 2.67 bits per heavy atom. The maximum atomic E-state index is 12.0. The van der Waals surface area contributed by atoms with Gasteiger partial charge < -0.3 is 5.73 Å². The highest BCUT2D eigenvalue weighted by Crippen LogP contribution is 2.44. The normalized spacial score (nSPS) is 17.4. The molecule has 7 heteroatoms. The number of hydrogen-bond acceptors (Lipinski definition) is 4. The van der Waals surface area contributed by atoms with Crippen LogP contribution in [-0.2, 0) is 10.0 Å². The topological polar surface area (TPSA) is 85.1 Å². The molecule has 1 saturated carbocycles. The lowest BCUT2D eigenvalue weighted by Crippen LogP contribution is -2.29. The van der Waals surface area contributed by atoms with E-state index in [1.54, 1.807) is 0 Å². The molecule has 18 heavy (non-hydrogen) atoms. The quantitative estimate of drug-likeness (QED) is 0.781. The van der Waals surface area contributed by atoms with Gasteiger partial charge in [0.25, 0.3) is 0 Å². The summed E-state index contributed by atoms with van der Waals surface area (Å²) in [5.41, 5.74) is 5.94. The van der Waals surface area contributed by atoms with Crippen molar-refractivity contribution in [3.8, 4) is 0 Å². The molecule has 1 aromatic heterocycles. The molecule has 0 saturated heterocycles. The van der Waals surface area contributed by atoms with Crippen molar-refractivity contribution in [3.05, 3.63) is 24.0 Å². The largest absolute Gasteiger partial charge is 0.388 e. The van der Waals surface area contributed by atoms with Gasteiger partial charge in [-0.3, -0.25) is 4.98 Å². The van der Waals surface area contributed by atoms with E-state index in [0.717, 1.165) is 12.8 Å². The number of pyridine rings is 1. The van der Waals surface area contributed by atoms with Gasteiger partial charge in [-0.05, 0) is 30.4 Å². The summed E-state index contributed by atoms with van der Waals surface area (Å²) in [4.78, 5) is 4.20. The van der Waals surface area contributed by atoms with Crippen molar-refractivity contribution < 1.29 is 8.42 Å². The van der Waals surface area contributed by atoms with Crippen molar-refractivity contribution in [2.45, 2.75) is 24.7 Å². The molecule has 0 spiro atoms. The zero-order chi connectivity index (χ0) is 13.4. The lowest BCUT2D eigenvalue weighted by Gasteiger charge is -2.10. The van der Waals surface area contributed by atoms with Crippen LogP contribution in [0, 0.1) is 5.41 Å². The van der Waals surface area contributed by atoms with Crippen molar-refractivity contribution in [3.63, 3.8) is 0 Å². The molecular weight excluding hydrogens is 270 g/mol. The molecule has 0 aliphatic heterocycles. The SMILES string of the molecule is CC1(CNS(=O)(=O)c2ccc(C(N)=S)nc2)CC1. The average Bonchev–Trinajstić information content (AvgIpc) is 3.06. The van der Waals surface area contributed by atoms with Gasteiger partial charge >= 0.3 is 0 Å². The van der Waals surface area contributed by atoms with Gasteiger partial charge in [-0.2, -0.15) is 0 Å². The van der Waals surface area contributed by atoms with Crippen LogP contribution in [0.5, 0.6) is 0 Å². The molecule has 0 aromatic carbocycles. The van der Waals surface area contributed by atoms with E-state index in [1.165, 1.54) is 18.3 Å². The third-order valence-electron chi connectivity index (χ3n) is 3.09. The highest BCUT2D eigenvalue weighted by molar-refractivity contribution is 7.89. The molecule has 2 rings (SSSR count). The molecule has 98 valence electrons. The molecule has 0 radical (unpaired) electrons. The van der Waals surface area contributed by atoms with Gasteiger partial charge in [-0.25, -0.2) is 13.1 Å². The molecule has 0 amide bonds. The van der Waals surface area contributed by atoms with Crippen molar-refractivity contribution in [1.82, 2.24) is 9.71 Å². The van der Waals surface area contributed by atoms with Gasteiger partial charge in [-0.15, -0.1) is 0 Å². The number of nitrogens with two attached hydrogens (primary N) is 1. The Morgan fingerprint density at radius 2 is 2.22 bits per heavy atom. The van der Waals surface area contributed by atoms with E-state index in [4.69, 9.17) is 18.0 Å². The Kier molecular flexibility index (Phi) is 3.39. The molecule has 3 N–H and O–H groups in total. The van der Waals surface area contributed by atoms with Crippen LogP contribution in [0.25, 0.3) is 0 Å². The molecular formula is C11H15N3O2S2. The van der Waals surface area contributed by atoms with Gasteiger partial charge in [-0.1, -0.05) is 19.1 Å². The van der Waals surface area contributed by atoms with Crippen LogP contribution < -0.4 is 10.5 Å². The molecule has 1 heterocycles. The monoisotopic (exact) mass is 285 g/mol. The van der Waals surface area contributed by atoms with Crippen molar-refractivity contribution in [2.24, 2.45) is 11.1 Å². The number of nitrogens with one attached hydrogen (secondary N) is 1. The fourth-order valence-electron chi connectivity index (χ4n) is 1.43. The van der Waals surface area contributed by atoms with Crippen LogP contribution in [0.15, 0.2) is 23.2 Å². The minimum atomic E-state index is -3.49. The Labute approximate surface area is 112 Å². The lowest BCUT2D eigenvalue weighted by atomic mass is 10.2. The Hall–Kier alpha value is -1.05. The fraction of sp³-hybridized carbons (Fsp3) is 0.455. The van der Waals surface area contributed by atoms with Gasteiger partial charge in [0.15, 0.2) is 0 Å². The molecule has 1 aromatic rings. The summed E-state index contributed by atoms with van der Waals surface area (Å²) in [6.07, 6.45) is 3.40. The first-order valence-electron chi connectivity index (χ1n) is 5.58. The number of rotatable bonds is 5. The van der Waals surface area contributed by atoms with Crippen molar-refractivity contribution >= 4 is 27.2 Å². The number of thiocarbonyl (C=S) groups is 1. The van der Waals surface area contributed by atoms with Crippen molar-refractivity contribution in [1.29, 1.82) is 0 Å². The van der Waals surface area contributed by atoms with Crippen molar-refractivity contribution in [2.75, 3.05) is 6.54 Å². The zero-order valence-electron chi connectivity index (χ0n) is 10.0. The first-order valence-corrected chi connectivity index (χ1v) is 7.47. The summed E-state index contributed by atoms with van der Waals surface area (Å²) >= 11 is 4.76. The van der Waals surface area contributed by atoms with E-state index in [-0.39, 0.29) is 15.3 Å². The van der Waals surface area contributed by atoms with Crippen LogP contribution in [0.3, 0.4) is 0 Å². The van der Waals surface area contributed by atoms with Gasteiger partial charge in [0.1, 0.15) is 9.88 Å². The Morgan fingerprint density at radius 1 is 1.56 bits per heavy atom. The summed E-state index contributed by atoms with van der Waals surface area (Å²) in [6, 6.07) is 2.97. The molecule has 1 aliphatic carbocycles. The second-order valence-electron chi connectivity index (χ2n) is 4.88. The van der Waals surface area contributed by atoms with Crippen LogP contribution >= 0.6 is 12.2 Å². The average molecular weight is 285 g/mol. The molecule has 0 bridgehead atoms. The first-order chi connectivity index (χ1) is 8.32. The van der Waals surface area contributed by atoms with Gasteiger partial charge in [0.05, 0.1) is 5.69 Å². The highest BCUT2D eigenvalue weighted by Gasteiger charge is 2.38. The number of hydrogen-bond donors (Lipinski definition) is 2. The summed E-state index contributed by atoms with van der Waals surface area (Å²) in [7, 11) is -3.49. The Bertz CT molecular complexity index is 562. The van der Waals surface area contributed by atoms with Crippen LogP contribution in [0.1, 0.15) is 25.5 Å². The second-order valence-corrected chi connectivity index (χ2v) is 7.09. The van der Waals surface area contributed by atoms with Crippen LogP contribution in [-0.4, -0.2) is 24.9 Å². The van der Waals surface area contributed by atoms with E-state index >= 15 is 0 Å². The summed E-state index contributed by atoms with van der Waals surface area (Å²) < 4.78 is 26.5. The predicted molar refractivity (Wildman–Crippen MR) is 72.7 cm³/mol. The predicted octanol–water partition coefficient (Wildman–Crippen LogP) is 0.794. The van der Waals surface area contributed by atoms with E-state index in [1.807, 2.05) is 0 Å². The maximum absolute atomic E-state index is 12.0. The molecule has 0 atom stereocenters. The minimum Gasteiger partial charge on any atom is -0.388 e. The summed E-state index contributed by atoms with van der Waals surface area (Å²) in [6.45, 7) is 2.52. The molecule has 1 aliphatic rings. The van der Waals surface area contributed by atoms with Gasteiger partial charge in [0, 0.05) is 12.7 Å². The number of sulfonamides is 1.